The number of hydrazone groups is 1. The number of para-hydroxylation sites is 1. The standard InChI is InChI=1S/C31H32N4O3S/c1-3-38-25-8-6-7-23(18-25)29-19-27(26-9-4-5-10-28(26)33-29)31(36)34-32-20-22-11-12-30(37-2)24(17-22)21-35-13-15-39-16-14-35/h4-12,17-20H,3,13-16,21H2,1-2H3,(H,34,36)/b32-20+. The molecule has 1 aromatic heterocycles. The number of hydrogen-bond donors (Lipinski definition) is 1. The second-order valence-electron chi connectivity index (χ2n) is 9.19. The molecule has 5 rings (SSSR count). The molecule has 1 saturated heterocycles. The zero-order valence-corrected chi connectivity index (χ0v) is 23.0. The molecular formula is C31H32N4O3S. The van der Waals surface area contributed by atoms with Gasteiger partial charge in [0.15, 0.2) is 0 Å². The van der Waals surface area contributed by atoms with Gasteiger partial charge in [0.1, 0.15) is 11.5 Å². The van der Waals surface area contributed by atoms with Gasteiger partial charge in [-0.05, 0) is 55.0 Å². The number of nitrogens with one attached hydrogen (secondary N) is 1. The highest BCUT2D eigenvalue weighted by Crippen LogP contribution is 2.27. The van der Waals surface area contributed by atoms with Crippen molar-refractivity contribution in [2.24, 2.45) is 5.10 Å². The highest BCUT2D eigenvalue weighted by molar-refractivity contribution is 7.99. The summed E-state index contributed by atoms with van der Waals surface area (Å²) in [5.41, 5.74) is 7.53. The highest BCUT2D eigenvalue weighted by Gasteiger charge is 2.15. The molecule has 3 aromatic carbocycles. The van der Waals surface area contributed by atoms with Gasteiger partial charge in [-0.3, -0.25) is 9.69 Å². The summed E-state index contributed by atoms with van der Waals surface area (Å²) in [6.07, 6.45) is 1.67. The number of methoxy groups -OCH3 is 1. The first kappa shape index (κ1) is 26.7. The van der Waals surface area contributed by atoms with Crippen molar-refractivity contribution in [2.45, 2.75) is 13.5 Å². The predicted molar refractivity (Wildman–Crippen MR) is 159 cm³/mol. The second-order valence-corrected chi connectivity index (χ2v) is 10.4. The molecule has 0 unspecified atom stereocenters. The predicted octanol–water partition coefficient (Wildman–Crippen LogP) is 5.62. The molecule has 8 heteroatoms. The Labute approximate surface area is 233 Å². The molecule has 0 saturated carbocycles. The molecule has 1 aliphatic rings. The number of carbonyl (C=O) groups excluding carboxylic acids is 1. The van der Waals surface area contributed by atoms with Gasteiger partial charge in [-0.1, -0.05) is 30.3 Å². The molecule has 0 atom stereocenters. The van der Waals surface area contributed by atoms with Crippen LogP contribution < -0.4 is 14.9 Å². The van der Waals surface area contributed by atoms with Gasteiger partial charge in [0.2, 0.25) is 0 Å². The topological polar surface area (TPSA) is 76.1 Å². The van der Waals surface area contributed by atoms with Gasteiger partial charge in [0.05, 0.1) is 36.7 Å². The zero-order valence-electron chi connectivity index (χ0n) is 22.2. The third-order valence-corrected chi connectivity index (χ3v) is 7.53. The first-order chi connectivity index (χ1) is 19.1. The van der Waals surface area contributed by atoms with Crippen LogP contribution in [0.15, 0.2) is 77.9 Å². The number of aromatic nitrogens is 1. The van der Waals surface area contributed by atoms with Crippen molar-refractivity contribution >= 4 is 34.8 Å². The lowest BCUT2D eigenvalue weighted by Gasteiger charge is -2.26. The fourth-order valence-corrected chi connectivity index (χ4v) is 5.63. The molecular weight excluding hydrogens is 508 g/mol. The van der Waals surface area contributed by atoms with Gasteiger partial charge in [-0.25, -0.2) is 10.4 Å². The van der Waals surface area contributed by atoms with Crippen LogP contribution in [0.25, 0.3) is 22.2 Å². The third-order valence-electron chi connectivity index (χ3n) is 6.58. The Hall–Kier alpha value is -3.88. The summed E-state index contributed by atoms with van der Waals surface area (Å²) in [5.74, 6) is 3.63. The van der Waals surface area contributed by atoms with Crippen molar-refractivity contribution in [2.75, 3.05) is 38.3 Å². The Morgan fingerprint density at radius 1 is 1.08 bits per heavy atom. The molecule has 39 heavy (non-hydrogen) atoms. The molecule has 0 aliphatic carbocycles. The number of fused-ring (bicyclic) bond motifs is 1. The number of nitrogens with zero attached hydrogens (tertiary/aromatic N) is 3. The van der Waals surface area contributed by atoms with E-state index in [0.29, 0.717) is 17.9 Å². The first-order valence-corrected chi connectivity index (χ1v) is 14.2. The molecule has 1 fully saturated rings. The van der Waals surface area contributed by atoms with E-state index in [1.54, 1.807) is 19.4 Å². The SMILES string of the molecule is CCOc1cccc(-c2cc(C(=O)N/N=C/c3ccc(OC)c(CN4CCSCC4)c3)c3ccccc3n2)c1. The van der Waals surface area contributed by atoms with Crippen LogP contribution >= 0.6 is 11.8 Å². The lowest BCUT2D eigenvalue weighted by atomic mass is 10.0. The van der Waals surface area contributed by atoms with Crippen molar-refractivity contribution in [1.82, 2.24) is 15.3 Å². The molecule has 1 amide bonds. The summed E-state index contributed by atoms with van der Waals surface area (Å²) in [6, 6.07) is 23.1. The second kappa shape index (κ2) is 12.8. The Bertz CT molecular complexity index is 1480. The molecule has 1 N–H and O–H groups in total. The Morgan fingerprint density at radius 2 is 1.92 bits per heavy atom. The van der Waals surface area contributed by atoms with Crippen LogP contribution in [0.3, 0.4) is 0 Å². The van der Waals surface area contributed by atoms with Gasteiger partial charge in [-0.15, -0.1) is 0 Å². The number of benzene rings is 3. The van der Waals surface area contributed by atoms with Gasteiger partial charge in [0, 0.05) is 47.7 Å². The average molecular weight is 541 g/mol. The lowest BCUT2D eigenvalue weighted by molar-refractivity contribution is 0.0956. The van der Waals surface area contributed by atoms with E-state index in [9.17, 15) is 4.79 Å². The lowest BCUT2D eigenvalue weighted by Crippen LogP contribution is -2.32. The number of pyridine rings is 1. The Morgan fingerprint density at radius 3 is 2.74 bits per heavy atom. The van der Waals surface area contributed by atoms with Crippen LogP contribution in [0.2, 0.25) is 0 Å². The van der Waals surface area contributed by atoms with Crippen LogP contribution in [-0.2, 0) is 6.54 Å². The largest absolute Gasteiger partial charge is 0.496 e. The third kappa shape index (κ3) is 6.58. The summed E-state index contributed by atoms with van der Waals surface area (Å²) in [7, 11) is 1.69. The summed E-state index contributed by atoms with van der Waals surface area (Å²) < 4.78 is 11.2. The number of thioether (sulfide) groups is 1. The molecule has 2 heterocycles. The average Bonchev–Trinajstić information content (AvgIpc) is 2.97. The maximum absolute atomic E-state index is 13.3. The van der Waals surface area contributed by atoms with Crippen molar-refractivity contribution in [3.05, 3.63) is 89.5 Å². The minimum absolute atomic E-state index is 0.299. The summed E-state index contributed by atoms with van der Waals surface area (Å²) in [4.78, 5) is 20.6. The number of rotatable bonds is 9. The van der Waals surface area contributed by atoms with Gasteiger partial charge in [-0.2, -0.15) is 16.9 Å². The minimum Gasteiger partial charge on any atom is -0.496 e. The van der Waals surface area contributed by atoms with E-state index in [1.165, 1.54) is 0 Å². The Balaban J connectivity index is 1.37. The van der Waals surface area contributed by atoms with E-state index in [4.69, 9.17) is 14.5 Å². The van der Waals surface area contributed by atoms with Crippen molar-refractivity contribution in [3.8, 4) is 22.8 Å². The number of carbonyl (C=O) groups is 1. The van der Waals surface area contributed by atoms with Crippen molar-refractivity contribution in [3.63, 3.8) is 0 Å². The maximum atomic E-state index is 13.3. The molecule has 0 spiro atoms. The van der Waals surface area contributed by atoms with E-state index >= 15 is 0 Å². The number of hydrogen-bond acceptors (Lipinski definition) is 7. The van der Waals surface area contributed by atoms with Crippen LogP contribution in [0.5, 0.6) is 11.5 Å². The van der Waals surface area contributed by atoms with E-state index in [1.807, 2.05) is 79.3 Å². The van der Waals surface area contributed by atoms with E-state index in [0.717, 1.165) is 70.2 Å². The van der Waals surface area contributed by atoms with E-state index in [2.05, 4.69) is 21.5 Å². The summed E-state index contributed by atoms with van der Waals surface area (Å²) in [6.45, 7) is 5.49. The molecule has 1 aliphatic heterocycles. The van der Waals surface area contributed by atoms with E-state index in [-0.39, 0.29) is 5.91 Å². The highest BCUT2D eigenvalue weighted by atomic mass is 32.2. The van der Waals surface area contributed by atoms with Gasteiger partial charge in [0.25, 0.3) is 5.91 Å². The van der Waals surface area contributed by atoms with Gasteiger partial charge >= 0.3 is 0 Å². The molecule has 4 aromatic rings. The van der Waals surface area contributed by atoms with Crippen LogP contribution in [0.1, 0.15) is 28.4 Å². The number of amides is 1. The minimum atomic E-state index is -0.299. The molecule has 200 valence electrons. The fraction of sp³-hybridized carbons (Fsp3) is 0.258. The normalized spacial score (nSPS) is 14.0. The summed E-state index contributed by atoms with van der Waals surface area (Å²) >= 11 is 1.99. The fourth-order valence-electron chi connectivity index (χ4n) is 4.65. The summed E-state index contributed by atoms with van der Waals surface area (Å²) in [5, 5.41) is 5.05. The quantitative estimate of drug-likeness (QED) is 0.219. The van der Waals surface area contributed by atoms with Gasteiger partial charge < -0.3 is 9.47 Å². The first-order valence-electron chi connectivity index (χ1n) is 13.1. The molecule has 0 radical (unpaired) electrons. The monoisotopic (exact) mass is 540 g/mol. The smallest absolute Gasteiger partial charge is 0.272 e. The van der Waals surface area contributed by atoms with Crippen LogP contribution in [-0.4, -0.2) is 60.3 Å². The number of ether oxygens (including phenoxy) is 2. The maximum Gasteiger partial charge on any atom is 0.272 e. The molecule has 0 bridgehead atoms. The zero-order chi connectivity index (χ0) is 27.0. The van der Waals surface area contributed by atoms with Crippen LogP contribution in [0, 0.1) is 0 Å². The van der Waals surface area contributed by atoms with E-state index < -0.39 is 0 Å². The molecule has 7 nitrogen and oxygen atoms in total. The van der Waals surface area contributed by atoms with Crippen LogP contribution in [0.4, 0.5) is 0 Å². The van der Waals surface area contributed by atoms with Crippen molar-refractivity contribution < 1.29 is 14.3 Å². The van der Waals surface area contributed by atoms with Crippen molar-refractivity contribution in [1.29, 1.82) is 0 Å². The Kier molecular flexibility index (Phi) is 8.75.